The first-order valence-electron chi connectivity index (χ1n) is 4.55. The summed E-state index contributed by atoms with van der Waals surface area (Å²) in [6.07, 6.45) is 4.57. The first kappa shape index (κ1) is 8.69. The molecule has 0 spiro atoms. The van der Waals surface area contributed by atoms with Crippen LogP contribution in [0.25, 0.3) is 0 Å². The average Bonchev–Trinajstić information content (AvgIpc) is 2.64. The lowest BCUT2D eigenvalue weighted by Crippen LogP contribution is -2.29. The van der Waals surface area contributed by atoms with E-state index >= 15 is 0 Å². The Morgan fingerprint density at radius 1 is 1.77 bits per heavy atom. The smallest absolute Gasteiger partial charge is 0.131 e. The third-order valence-electron chi connectivity index (χ3n) is 2.59. The van der Waals surface area contributed by atoms with Crippen LogP contribution in [0.15, 0.2) is 12.4 Å². The van der Waals surface area contributed by atoms with Crippen LogP contribution in [0.3, 0.4) is 0 Å². The molecule has 1 N–H and O–H groups in total. The topological polar surface area (TPSA) is 29.9 Å². The van der Waals surface area contributed by atoms with Crippen molar-refractivity contribution in [1.82, 2.24) is 14.9 Å². The Hall–Kier alpha value is -0.900. The number of hydrogen-bond acceptors (Lipinski definition) is 2. The van der Waals surface area contributed by atoms with E-state index in [1.807, 2.05) is 17.8 Å². The molecule has 0 aromatic carbocycles. The molecule has 0 radical (unpaired) electrons. The van der Waals surface area contributed by atoms with E-state index in [-0.39, 0.29) is 0 Å². The zero-order valence-corrected chi connectivity index (χ0v) is 7.76. The average molecular weight is 183 g/mol. The van der Waals surface area contributed by atoms with E-state index < -0.39 is 5.67 Å². The SMILES string of the molecule is Cn1ccnc1CC1(F)CCNC1. The van der Waals surface area contributed by atoms with Gasteiger partial charge in [-0.2, -0.15) is 0 Å². The first-order chi connectivity index (χ1) is 6.20. The fourth-order valence-corrected chi connectivity index (χ4v) is 1.71. The molecule has 72 valence electrons. The van der Waals surface area contributed by atoms with Gasteiger partial charge in [0.05, 0.1) is 0 Å². The minimum Gasteiger partial charge on any atom is -0.338 e. The minimum absolute atomic E-state index is 0.420. The highest BCUT2D eigenvalue weighted by Gasteiger charge is 2.34. The van der Waals surface area contributed by atoms with Gasteiger partial charge in [-0.25, -0.2) is 9.37 Å². The van der Waals surface area contributed by atoms with Gasteiger partial charge in [-0.15, -0.1) is 0 Å². The summed E-state index contributed by atoms with van der Waals surface area (Å²) in [5.41, 5.74) is -1.08. The third-order valence-corrected chi connectivity index (χ3v) is 2.59. The Bertz CT molecular complexity index is 289. The minimum atomic E-state index is -1.08. The Balaban J connectivity index is 2.09. The van der Waals surface area contributed by atoms with E-state index in [2.05, 4.69) is 10.3 Å². The molecule has 1 unspecified atom stereocenters. The van der Waals surface area contributed by atoms with E-state index in [1.54, 1.807) is 6.20 Å². The fourth-order valence-electron chi connectivity index (χ4n) is 1.71. The summed E-state index contributed by atoms with van der Waals surface area (Å²) >= 11 is 0. The molecule has 0 saturated carbocycles. The molecule has 0 aliphatic carbocycles. The summed E-state index contributed by atoms with van der Waals surface area (Å²) in [6, 6.07) is 0. The van der Waals surface area contributed by atoms with Crippen molar-refractivity contribution in [3.05, 3.63) is 18.2 Å². The molecule has 1 aromatic heterocycles. The van der Waals surface area contributed by atoms with Crippen LogP contribution in [-0.4, -0.2) is 28.3 Å². The Morgan fingerprint density at radius 2 is 2.62 bits per heavy atom. The van der Waals surface area contributed by atoms with Crippen molar-refractivity contribution < 1.29 is 4.39 Å². The molecule has 13 heavy (non-hydrogen) atoms. The molecule has 1 aliphatic heterocycles. The molecular weight excluding hydrogens is 169 g/mol. The van der Waals surface area contributed by atoms with Crippen molar-refractivity contribution in [1.29, 1.82) is 0 Å². The van der Waals surface area contributed by atoms with Crippen LogP contribution < -0.4 is 5.32 Å². The highest BCUT2D eigenvalue weighted by molar-refractivity contribution is 5.01. The van der Waals surface area contributed by atoms with Gasteiger partial charge >= 0.3 is 0 Å². The van der Waals surface area contributed by atoms with Gasteiger partial charge in [0.15, 0.2) is 0 Å². The summed E-state index contributed by atoms with van der Waals surface area (Å²) < 4.78 is 15.8. The molecule has 0 amide bonds. The Morgan fingerprint density at radius 3 is 3.15 bits per heavy atom. The van der Waals surface area contributed by atoms with Gasteiger partial charge < -0.3 is 9.88 Å². The van der Waals surface area contributed by atoms with Crippen molar-refractivity contribution in [2.24, 2.45) is 7.05 Å². The predicted molar refractivity (Wildman–Crippen MR) is 48.2 cm³/mol. The number of nitrogens with zero attached hydrogens (tertiary/aromatic N) is 2. The predicted octanol–water partition coefficient (Wildman–Crippen LogP) is 0.664. The second-order valence-corrected chi connectivity index (χ2v) is 3.71. The Labute approximate surface area is 77.0 Å². The molecule has 2 heterocycles. The van der Waals surface area contributed by atoms with Crippen LogP contribution in [0.5, 0.6) is 0 Å². The second-order valence-electron chi connectivity index (χ2n) is 3.71. The van der Waals surface area contributed by atoms with Crippen molar-refractivity contribution >= 4 is 0 Å². The molecule has 1 fully saturated rings. The van der Waals surface area contributed by atoms with Crippen LogP contribution in [0.4, 0.5) is 4.39 Å². The summed E-state index contributed by atoms with van der Waals surface area (Å²) in [6.45, 7) is 1.24. The normalized spacial score (nSPS) is 28.2. The third kappa shape index (κ3) is 1.72. The molecule has 3 nitrogen and oxygen atoms in total. The largest absolute Gasteiger partial charge is 0.338 e. The maximum absolute atomic E-state index is 13.9. The summed E-state index contributed by atoms with van der Waals surface area (Å²) in [7, 11) is 1.90. The highest BCUT2D eigenvalue weighted by Crippen LogP contribution is 2.23. The molecule has 1 atom stereocenters. The number of alkyl halides is 1. The maximum Gasteiger partial charge on any atom is 0.131 e. The number of rotatable bonds is 2. The molecular formula is C9H14FN3. The van der Waals surface area contributed by atoms with Crippen molar-refractivity contribution in [3.63, 3.8) is 0 Å². The molecule has 2 rings (SSSR count). The molecule has 1 aliphatic rings. The summed E-state index contributed by atoms with van der Waals surface area (Å²) in [5.74, 6) is 0.825. The molecule has 4 heteroatoms. The van der Waals surface area contributed by atoms with Gasteiger partial charge in [-0.05, 0) is 13.0 Å². The lowest BCUT2D eigenvalue weighted by atomic mass is 10.0. The zero-order valence-electron chi connectivity index (χ0n) is 7.76. The monoisotopic (exact) mass is 183 g/mol. The summed E-state index contributed by atoms with van der Waals surface area (Å²) in [4.78, 5) is 4.12. The number of nitrogens with one attached hydrogen (secondary N) is 1. The number of imidazole rings is 1. The fraction of sp³-hybridized carbons (Fsp3) is 0.667. The van der Waals surface area contributed by atoms with Crippen LogP contribution in [0.2, 0.25) is 0 Å². The maximum atomic E-state index is 13.9. The first-order valence-corrected chi connectivity index (χ1v) is 4.55. The van der Waals surface area contributed by atoms with Crippen molar-refractivity contribution in [3.8, 4) is 0 Å². The van der Waals surface area contributed by atoms with Gasteiger partial charge in [-0.3, -0.25) is 0 Å². The number of hydrogen-bond donors (Lipinski definition) is 1. The molecule has 1 aromatic rings. The van der Waals surface area contributed by atoms with E-state index in [4.69, 9.17) is 0 Å². The van der Waals surface area contributed by atoms with E-state index in [0.717, 1.165) is 12.4 Å². The molecule has 0 bridgehead atoms. The van der Waals surface area contributed by atoms with Crippen LogP contribution in [-0.2, 0) is 13.5 Å². The standard InChI is InChI=1S/C9H14FN3/c1-13-5-4-12-8(13)6-9(10)2-3-11-7-9/h4-5,11H,2-3,6-7H2,1H3. The van der Waals surface area contributed by atoms with Crippen molar-refractivity contribution in [2.75, 3.05) is 13.1 Å². The van der Waals surface area contributed by atoms with E-state index in [1.165, 1.54) is 0 Å². The van der Waals surface area contributed by atoms with Crippen molar-refractivity contribution in [2.45, 2.75) is 18.5 Å². The lowest BCUT2D eigenvalue weighted by molar-refractivity contribution is 0.185. The van der Waals surface area contributed by atoms with Gasteiger partial charge in [0.25, 0.3) is 0 Å². The van der Waals surface area contributed by atoms with E-state index in [0.29, 0.717) is 19.4 Å². The van der Waals surface area contributed by atoms with Crippen LogP contribution in [0.1, 0.15) is 12.2 Å². The van der Waals surface area contributed by atoms with Gasteiger partial charge in [0.1, 0.15) is 11.5 Å². The summed E-state index contributed by atoms with van der Waals surface area (Å²) in [5, 5.41) is 3.03. The van der Waals surface area contributed by atoms with Gasteiger partial charge in [0.2, 0.25) is 0 Å². The number of aromatic nitrogens is 2. The van der Waals surface area contributed by atoms with Gasteiger partial charge in [0, 0.05) is 32.4 Å². The van der Waals surface area contributed by atoms with Crippen LogP contribution >= 0.6 is 0 Å². The Kier molecular flexibility index (Phi) is 2.07. The lowest BCUT2D eigenvalue weighted by Gasteiger charge is -2.17. The highest BCUT2D eigenvalue weighted by atomic mass is 19.1. The quantitative estimate of drug-likeness (QED) is 0.730. The zero-order chi connectivity index (χ0) is 9.31. The number of halogens is 1. The number of aryl methyl sites for hydroxylation is 1. The molecule has 1 saturated heterocycles. The van der Waals surface area contributed by atoms with Gasteiger partial charge in [-0.1, -0.05) is 0 Å². The van der Waals surface area contributed by atoms with E-state index in [9.17, 15) is 4.39 Å². The second kappa shape index (κ2) is 3.10. The van der Waals surface area contributed by atoms with Crippen LogP contribution in [0, 0.1) is 0 Å².